The molecule has 1 atom stereocenters. The van der Waals surface area contributed by atoms with E-state index in [9.17, 15) is 9.90 Å². The first-order valence-corrected chi connectivity index (χ1v) is 9.75. The molecule has 1 fully saturated rings. The van der Waals surface area contributed by atoms with E-state index in [4.69, 9.17) is 0 Å². The molecule has 24 heavy (non-hydrogen) atoms. The quantitative estimate of drug-likeness (QED) is 0.725. The molecule has 124 valence electrons. The van der Waals surface area contributed by atoms with E-state index in [-0.39, 0.29) is 17.9 Å². The van der Waals surface area contributed by atoms with Gasteiger partial charge in [-0.25, -0.2) is 0 Å². The number of amides is 1. The molecular formula is C19H19NO2S2. The molecule has 2 N–H and O–H groups in total. The smallest absolute Gasteiger partial charge is 0.231 e. The summed E-state index contributed by atoms with van der Waals surface area (Å²) in [5.41, 5.74) is -1.42. The molecular weight excluding hydrogens is 338 g/mol. The monoisotopic (exact) mass is 357 g/mol. The Balaban J connectivity index is 1.49. The number of nitrogens with one attached hydrogen (secondary N) is 1. The first-order valence-electron chi connectivity index (χ1n) is 8.05. The maximum Gasteiger partial charge on any atom is 0.231 e. The second-order valence-corrected chi connectivity index (χ2v) is 8.70. The van der Waals surface area contributed by atoms with E-state index in [0.717, 1.165) is 32.7 Å². The van der Waals surface area contributed by atoms with Gasteiger partial charge in [-0.15, -0.1) is 22.7 Å². The van der Waals surface area contributed by atoms with Crippen LogP contribution in [0.25, 0.3) is 10.1 Å². The lowest BCUT2D eigenvalue weighted by molar-refractivity contribution is -0.124. The Labute approximate surface area is 149 Å². The number of carbonyl (C=O) groups excluding carboxylic acids is 1. The summed E-state index contributed by atoms with van der Waals surface area (Å²) in [5.74, 6) is 0.0336. The summed E-state index contributed by atoms with van der Waals surface area (Å²) < 4.78 is 1.15. The van der Waals surface area contributed by atoms with Crippen LogP contribution in [0.5, 0.6) is 0 Å². The number of fused-ring (bicyclic) bond motifs is 1. The molecule has 2 aromatic heterocycles. The lowest BCUT2D eigenvalue weighted by Crippen LogP contribution is -2.42. The minimum absolute atomic E-state index is 0.0336. The summed E-state index contributed by atoms with van der Waals surface area (Å²) in [5, 5.41) is 17.0. The fourth-order valence-corrected chi connectivity index (χ4v) is 5.11. The zero-order valence-corrected chi connectivity index (χ0v) is 15.0. The van der Waals surface area contributed by atoms with Gasteiger partial charge in [0.2, 0.25) is 5.91 Å². The fourth-order valence-electron chi connectivity index (χ4n) is 3.02. The van der Waals surface area contributed by atoms with E-state index in [1.54, 1.807) is 29.6 Å². The van der Waals surface area contributed by atoms with Crippen LogP contribution in [0.2, 0.25) is 0 Å². The van der Waals surface area contributed by atoms with Gasteiger partial charge in [0.05, 0.1) is 12.0 Å². The number of aliphatic hydroxyl groups is 1. The van der Waals surface area contributed by atoms with Crippen molar-refractivity contribution < 1.29 is 9.90 Å². The molecule has 1 amide bonds. The molecule has 1 saturated carbocycles. The van der Waals surface area contributed by atoms with Gasteiger partial charge in [0.1, 0.15) is 5.60 Å². The van der Waals surface area contributed by atoms with Crippen molar-refractivity contribution in [1.82, 2.24) is 5.32 Å². The molecule has 5 heteroatoms. The van der Waals surface area contributed by atoms with Crippen LogP contribution in [-0.2, 0) is 15.8 Å². The van der Waals surface area contributed by atoms with Crippen LogP contribution in [0.3, 0.4) is 0 Å². The summed E-state index contributed by atoms with van der Waals surface area (Å²) >= 11 is 3.21. The van der Waals surface area contributed by atoms with Crippen molar-refractivity contribution in [3.8, 4) is 0 Å². The average Bonchev–Trinajstić information content (AvgIpc) is 3.02. The highest BCUT2D eigenvalue weighted by Gasteiger charge is 2.52. The van der Waals surface area contributed by atoms with Crippen molar-refractivity contribution >= 4 is 38.7 Å². The molecule has 0 bridgehead atoms. The van der Waals surface area contributed by atoms with E-state index >= 15 is 0 Å². The highest BCUT2D eigenvalue weighted by atomic mass is 32.1. The van der Waals surface area contributed by atoms with E-state index in [2.05, 4.69) is 5.32 Å². The van der Waals surface area contributed by atoms with Crippen LogP contribution < -0.4 is 5.32 Å². The number of thiophene rings is 2. The molecule has 0 aliphatic heterocycles. The molecule has 1 aromatic carbocycles. The number of carbonyl (C=O) groups is 1. The highest BCUT2D eigenvalue weighted by molar-refractivity contribution is 7.19. The van der Waals surface area contributed by atoms with Gasteiger partial charge >= 0.3 is 0 Å². The first-order chi connectivity index (χ1) is 11.5. The normalized spacial score (nSPS) is 18.2. The van der Waals surface area contributed by atoms with E-state index in [1.165, 1.54) is 0 Å². The Morgan fingerprint density at radius 1 is 1.29 bits per heavy atom. The van der Waals surface area contributed by atoms with Crippen molar-refractivity contribution in [3.05, 3.63) is 57.6 Å². The molecule has 1 aliphatic carbocycles. The zero-order chi connectivity index (χ0) is 16.8. The van der Waals surface area contributed by atoms with Crippen molar-refractivity contribution in [3.63, 3.8) is 0 Å². The molecule has 3 aromatic rings. The Hall–Kier alpha value is -1.69. The first kappa shape index (κ1) is 15.8. The second-order valence-electron chi connectivity index (χ2n) is 6.66. The van der Waals surface area contributed by atoms with Gasteiger partial charge in [-0.1, -0.05) is 24.3 Å². The van der Waals surface area contributed by atoms with Crippen molar-refractivity contribution in [2.24, 2.45) is 0 Å². The van der Waals surface area contributed by atoms with Gasteiger partial charge < -0.3 is 10.4 Å². The van der Waals surface area contributed by atoms with E-state index in [1.807, 2.05) is 47.8 Å². The maximum atomic E-state index is 12.7. The van der Waals surface area contributed by atoms with Gasteiger partial charge in [0.25, 0.3) is 0 Å². The molecule has 0 spiro atoms. The van der Waals surface area contributed by atoms with E-state index < -0.39 is 5.60 Å². The van der Waals surface area contributed by atoms with Crippen LogP contribution in [0.1, 0.15) is 29.5 Å². The number of hydrogen-bond donors (Lipinski definition) is 2. The predicted molar refractivity (Wildman–Crippen MR) is 99.6 cm³/mol. The summed E-state index contributed by atoms with van der Waals surface area (Å²) in [6.07, 6.45) is 1.79. The van der Waals surface area contributed by atoms with Gasteiger partial charge in [0, 0.05) is 14.5 Å². The summed E-state index contributed by atoms with van der Waals surface area (Å²) in [6, 6.07) is 14.1. The third kappa shape index (κ3) is 2.66. The predicted octanol–water partition coefficient (Wildman–Crippen LogP) is 4.02. The molecule has 1 unspecified atom stereocenters. The minimum Gasteiger partial charge on any atom is -0.383 e. The highest BCUT2D eigenvalue weighted by Crippen LogP contribution is 2.50. The van der Waals surface area contributed by atoms with Crippen molar-refractivity contribution in [1.29, 1.82) is 0 Å². The van der Waals surface area contributed by atoms with Crippen LogP contribution in [-0.4, -0.2) is 17.6 Å². The topological polar surface area (TPSA) is 49.3 Å². The standard InChI is InChI=1S/C19H19NO2S2/c1-18(22,16-11-13-5-2-3-6-14(13)24-16)12-20-17(21)19(8-9-19)15-7-4-10-23-15/h2-7,10-11,22H,8-9,12H2,1H3,(H,20,21). The minimum atomic E-state index is -1.06. The second kappa shape index (κ2) is 5.69. The SMILES string of the molecule is CC(O)(CNC(=O)C1(c2cccs2)CC1)c1cc2ccccc2s1. The van der Waals surface area contributed by atoms with Crippen LogP contribution >= 0.6 is 22.7 Å². The number of rotatable bonds is 5. The lowest BCUT2D eigenvalue weighted by Gasteiger charge is -2.24. The summed E-state index contributed by atoms with van der Waals surface area (Å²) in [6.45, 7) is 1.99. The molecule has 4 rings (SSSR count). The van der Waals surface area contributed by atoms with Crippen molar-refractivity contribution in [2.75, 3.05) is 6.54 Å². The largest absolute Gasteiger partial charge is 0.383 e. The Morgan fingerprint density at radius 3 is 2.75 bits per heavy atom. The van der Waals surface area contributed by atoms with Gasteiger partial charge in [0.15, 0.2) is 0 Å². The van der Waals surface area contributed by atoms with Gasteiger partial charge in [-0.3, -0.25) is 4.79 Å². The van der Waals surface area contributed by atoms with Crippen molar-refractivity contribution in [2.45, 2.75) is 30.8 Å². The zero-order valence-electron chi connectivity index (χ0n) is 13.4. The molecule has 2 heterocycles. The summed E-state index contributed by atoms with van der Waals surface area (Å²) in [7, 11) is 0. The molecule has 0 saturated heterocycles. The number of benzene rings is 1. The van der Waals surface area contributed by atoms with E-state index in [0.29, 0.717) is 0 Å². The third-order valence-electron chi connectivity index (χ3n) is 4.73. The summed E-state index contributed by atoms with van der Waals surface area (Å²) in [4.78, 5) is 14.7. The van der Waals surface area contributed by atoms with Crippen LogP contribution in [0, 0.1) is 0 Å². The fraction of sp³-hybridized carbons (Fsp3) is 0.316. The lowest BCUT2D eigenvalue weighted by atomic mass is 10.0. The third-order valence-corrected chi connectivity index (χ3v) is 7.17. The maximum absolute atomic E-state index is 12.7. The van der Waals surface area contributed by atoms with Gasteiger partial charge in [-0.2, -0.15) is 0 Å². The Bertz CT molecular complexity index is 843. The molecule has 0 radical (unpaired) electrons. The van der Waals surface area contributed by atoms with Gasteiger partial charge in [-0.05, 0) is 48.7 Å². The van der Waals surface area contributed by atoms with Crippen LogP contribution in [0.15, 0.2) is 47.8 Å². The molecule has 1 aliphatic rings. The number of hydrogen-bond acceptors (Lipinski definition) is 4. The van der Waals surface area contributed by atoms with Crippen LogP contribution in [0.4, 0.5) is 0 Å². The Kier molecular flexibility index (Phi) is 3.75. The molecule has 3 nitrogen and oxygen atoms in total. The Morgan fingerprint density at radius 2 is 2.08 bits per heavy atom. The average molecular weight is 358 g/mol.